The number of nitrogens with zero attached hydrogens (tertiary/aromatic N) is 4. The van der Waals surface area contributed by atoms with Crippen molar-refractivity contribution in [2.45, 2.75) is 45.0 Å². The first kappa shape index (κ1) is 22.2. The van der Waals surface area contributed by atoms with Gasteiger partial charge in [-0.3, -0.25) is 9.59 Å². The van der Waals surface area contributed by atoms with Crippen LogP contribution in [0.5, 0.6) is 0 Å². The molecule has 8 nitrogen and oxygen atoms in total. The molecule has 0 saturated heterocycles. The largest absolute Gasteiger partial charge is 0.321 e. The van der Waals surface area contributed by atoms with Crippen molar-refractivity contribution in [3.8, 4) is 0 Å². The Bertz CT molecular complexity index is 1390. The fourth-order valence-corrected chi connectivity index (χ4v) is 5.41. The maximum atomic E-state index is 13.0. The zero-order valence-corrected chi connectivity index (χ0v) is 20.2. The molecule has 1 aromatic carbocycles. The first-order valence-corrected chi connectivity index (χ1v) is 12.0. The normalized spacial score (nSPS) is 11.3. The van der Waals surface area contributed by atoms with Gasteiger partial charge in [-0.2, -0.15) is 0 Å². The number of aromatic amines is 1. The van der Waals surface area contributed by atoms with Crippen LogP contribution in [0.2, 0.25) is 0 Å². The Hall–Kier alpha value is -2.98. The van der Waals surface area contributed by atoms with Gasteiger partial charge in [-0.05, 0) is 38.0 Å². The van der Waals surface area contributed by atoms with Gasteiger partial charge in [0.2, 0.25) is 0 Å². The number of carbonyl (C=O) groups excluding carboxylic acids is 1. The highest BCUT2D eigenvalue weighted by Gasteiger charge is 2.20. The number of hydrogen-bond acceptors (Lipinski definition) is 7. The van der Waals surface area contributed by atoms with Crippen LogP contribution < -0.4 is 10.9 Å². The first-order valence-electron chi connectivity index (χ1n) is 10.2. The molecule has 0 aliphatic heterocycles. The van der Waals surface area contributed by atoms with Crippen LogP contribution in [0, 0.1) is 20.8 Å². The Balaban J connectivity index is 1.60. The van der Waals surface area contributed by atoms with Crippen LogP contribution in [0.4, 0.5) is 5.69 Å². The maximum Gasteiger partial charge on any atom is 0.266 e. The van der Waals surface area contributed by atoms with Gasteiger partial charge in [0.25, 0.3) is 11.5 Å². The second-order valence-electron chi connectivity index (χ2n) is 7.62. The number of amides is 1. The number of thiophene rings is 1. The molecule has 1 amide bonds. The highest BCUT2D eigenvalue weighted by atomic mass is 32.2. The smallest absolute Gasteiger partial charge is 0.266 e. The van der Waals surface area contributed by atoms with Gasteiger partial charge >= 0.3 is 0 Å². The van der Waals surface area contributed by atoms with Gasteiger partial charge < -0.3 is 14.9 Å². The summed E-state index contributed by atoms with van der Waals surface area (Å²) in [5.41, 5.74) is 3.28. The number of thioether (sulfide) groups is 1. The first-order chi connectivity index (χ1) is 15.3. The number of rotatable bonds is 6. The highest BCUT2D eigenvalue weighted by molar-refractivity contribution is 7.98. The molecule has 0 radical (unpaired) electrons. The molecule has 166 valence electrons. The number of fused-ring (bicyclic) bond motifs is 1. The predicted octanol–water partition coefficient (Wildman–Crippen LogP) is 4.15. The van der Waals surface area contributed by atoms with E-state index in [4.69, 9.17) is 0 Å². The molecule has 0 fully saturated rings. The van der Waals surface area contributed by atoms with Crippen molar-refractivity contribution >= 4 is 44.9 Å². The van der Waals surface area contributed by atoms with Crippen molar-refractivity contribution in [3.63, 3.8) is 0 Å². The summed E-state index contributed by atoms with van der Waals surface area (Å²) < 4.78 is 1.94. The number of H-pyrrole nitrogens is 1. The van der Waals surface area contributed by atoms with Crippen LogP contribution >= 0.6 is 23.1 Å². The van der Waals surface area contributed by atoms with Crippen LogP contribution in [0.1, 0.15) is 44.9 Å². The monoisotopic (exact) mass is 468 g/mol. The van der Waals surface area contributed by atoms with Gasteiger partial charge in [0.05, 0.1) is 16.0 Å². The summed E-state index contributed by atoms with van der Waals surface area (Å²) in [6.07, 6.45) is 0.798. The average Bonchev–Trinajstić information content (AvgIpc) is 3.28. The number of aromatic nitrogens is 5. The Kier molecular flexibility index (Phi) is 6.16. The molecule has 32 heavy (non-hydrogen) atoms. The molecule has 10 heteroatoms. The van der Waals surface area contributed by atoms with E-state index in [2.05, 4.69) is 25.5 Å². The van der Waals surface area contributed by atoms with Crippen LogP contribution in [0.25, 0.3) is 10.2 Å². The molecule has 0 spiro atoms. The third-order valence-corrected chi connectivity index (χ3v) is 7.48. The fraction of sp³-hybridized carbons (Fsp3) is 0.318. The number of benzene rings is 1. The lowest BCUT2D eigenvalue weighted by molar-refractivity contribution is 0.103. The highest BCUT2D eigenvalue weighted by Crippen LogP contribution is 2.29. The van der Waals surface area contributed by atoms with Crippen LogP contribution in [0.15, 0.2) is 28.2 Å². The second-order valence-corrected chi connectivity index (χ2v) is 9.56. The molecule has 3 heterocycles. The zero-order valence-electron chi connectivity index (χ0n) is 18.6. The Morgan fingerprint density at radius 1 is 1.25 bits per heavy atom. The van der Waals surface area contributed by atoms with E-state index in [1.807, 2.05) is 50.6 Å². The number of nitrogens with one attached hydrogen (secondary N) is 2. The van der Waals surface area contributed by atoms with E-state index in [0.29, 0.717) is 32.2 Å². The lowest BCUT2D eigenvalue weighted by Gasteiger charge is -2.08. The van der Waals surface area contributed by atoms with Gasteiger partial charge in [-0.15, -0.1) is 21.5 Å². The van der Waals surface area contributed by atoms with Gasteiger partial charge in [-0.25, -0.2) is 4.98 Å². The minimum atomic E-state index is -0.239. The quantitative estimate of drug-likeness (QED) is 0.412. The Labute approximate surface area is 193 Å². The summed E-state index contributed by atoms with van der Waals surface area (Å²) in [5, 5.41) is 12.5. The van der Waals surface area contributed by atoms with E-state index in [9.17, 15) is 9.59 Å². The van der Waals surface area contributed by atoms with Crippen molar-refractivity contribution in [2.24, 2.45) is 7.05 Å². The number of hydrogen-bond donors (Lipinski definition) is 2. The Morgan fingerprint density at radius 3 is 2.72 bits per heavy atom. The lowest BCUT2D eigenvalue weighted by atomic mass is 10.1. The van der Waals surface area contributed by atoms with Gasteiger partial charge in [0, 0.05) is 19.2 Å². The van der Waals surface area contributed by atoms with E-state index < -0.39 is 0 Å². The molecule has 4 aromatic rings. The number of carbonyl (C=O) groups is 1. The number of anilines is 1. The van der Waals surface area contributed by atoms with E-state index in [0.717, 1.165) is 34.2 Å². The molecule has 0 aliphatic carbocycles. The van der Waals surface area contributed by atoms with Crippen molar-refractivity contribution in [1.82, 2.24) is 24.7 Å². The standard InChI is InChI=1S/C22H24N6O2S2/c1-6-16-26-27-22(28(16)5)31-10-15-24-19(29)17-13(4)18(32-21(17)25-15)20(30)23-14-8-7-11(2)9-12(14)3/h7-9H,6,10H2,1-5H3,(H,23,30)(H,24,25,29). The van der Waals surface area contributed by atoms with Crippen LogP contribution in [-0.4, -0.2) is 30.6 Å². The zero-order chi connectivity index (χ0) is 23.0. The molecule has 3 aromatic heterocycles. The van der Waals surface area contributed by atoms with Crippen LogP contribution in [0.3, 0.4) is 0 Å². The molecule has 0 unspecified atom stereocenters. The maximum absolute atomic E-state index is 13.0. The van der Waals surface area contributed by atoms with Crippen molar-refractivity contribution in [1.29, 1.82) is 0 Å². The molecule has 2 N–H and O–H groups in total. The van der Waals surface area contributed by atoms with E-state index in [1.54, 1.807) is 6.92 Å². The average molecular weight is 469 g/mol. The molecule has 0 bridgehead atoms. The molecule has 0 aliphatic rings. The summed E-state index contributed by atoms with van der Waals surface area (Å²) in [6, 6.07) is 5.86. The van der Waals surface area contributed by atoms with Gasteiger partial charge in [0.15, 0.2) is 5.16 Å². The molecular formula is C22H24N6O2S2. The fourth-order valence-electron chi connectivity index (χ4n) is 3.52. The summed E-state index contributed by atoms with van der Waals surface area (Å²) in [7, 11) is 1.92. The van der Waals surface area contributed by atoms with Crippen molar-refractivity contribution in [2.75, 3.05) is 5.32 Å². The summed E-state index contributed by atoms with van der Waals surface area (Å²) in [5.74, 6) is 1.65. The molecule has 0 saturated carbocycles. The minimum absolute atomic E-state index is 0.237. The van der Waals surface area contributed by atoms with Crippen molar-refractivity contribution in [3.05, 3.63) is 61.8 Å². The molecule has 0 atom stereocenters. The van der Waals surface area contributed by atoms with E-state index in [-0.39, 0.29) is 11.5 Å². The predicted molar refractivity (Wildman–Crippen MR) is 129 cm³/mol. The third-order valence-electron chi connectivity index (χ3n) is 5.27. The summed E-state index contributed by atoms with van der Waals surface area (Å²) in [6.45, 7) is 7.78. The summed E-state index contributed by atoms with van der Waals surface area (Å²) >= 11 is 2.69. The second kappa shape index (κ2) is 8.87. The minimum Gasteiger partial charge on any atom is -0.321 e. The van der Waals surface area contributed by atoms with Crippen molar-refractivity contribution < 1.29 is 4.79 Å². The topological polar surface area (TPSA) is 106 Å². The van der Waals surface area contributed by atoms with E-state index in [1.165, 1.54) is 23.1 Å². The SMILES string of the molecule is CCc1nnc(SCc2nc3sc(C(=O)Nc4ccc(C)cc4C)c(C)c3c(=O)[nH]2)n1C. The molecule has 4 rings (SSSR count). The molecular weight excluding hydrogens is 444 g/mol. The number of aryl methyl sites for hydroxylation is 4. The lowest BCUT2D eigenvalue weighted by Crippen LogP contribution is -2.13. The van der Waals surface area contributed by atoms with E-state index >= 15 is 0 Å². The van der Waals surface area contributed by atoms with Gasteiger partial charge in [0.1, 0.15) is 16.5 Å². The summed E-state index contributed by atoms with van der Waals surface area (Å²) in [4.78, 5) is 34.2. The third kappa shape index (κ3) is 4.20. The van der Waals surface area contributed by atoms with Gasteiger partial charge in [-0.1, -0.05) is 36.4 Å². The Morgan fingerprint density at radius 2 is 2.03 bits per heavy atom. The van der Waals surface area contributed by atoms with Crippen LogP contribution in [-0.2, 0) is 19.2 Å².